The van der Waals surface area contributed by atoms with Gasteiger partial charge in [0.05, 0.1) is 11.5 Å². The summed E-state index contributed by atoms with van der Waals surface area (Å²) in [5.74, 6) is 4.32. The van der Waals surface area contributed by atoms with Gasteiger partial charge in [-0.1, -0.05) is 0 Å². The summed E-state index contributed by atoms with van der Waals surface area (Å²) in [5.41, 5.74) is 0.562. The van der Waals surface area contributed by atoms with Crippen LogP contribution < -0.4 is 10.6 Å². The van der Waals surface area contributed by atoms with Crippen molar-refractivity contribution >= 4 is 15.8 Å². The summed E-state index contributed by atoms with van der Waals surface area (Å²) < 4.78 is 23.3. The second-order valence-corrected chi connectivity index (χ2v) is 11.4. The van der Waals surface area contributed by atoms with Gasteiger partial charge in [0, 0.05) is 19.1 Å². The molecule has 0 aromatic rings. The number of nitrogens with zero attached hydrogens (tertiary/aromatic N) is 1. The van der Waals surface area contributed by atoms with Crippen molar-refractivity contribution < 1.29 is 8.42 Å². The first-order chi connectivity index (χ1) is 12.0. The van der Waals surface area contributed by atoms with Gasteiger partial charge in [-0.2, -0.15) is 0 Å². The fraction of sp³-hybridized carbons (Fsp3) is 0.947. The quantitative estimate of drug-likeness (QED) is 0.578. The van der Waals surface area contributed by atoms with Gasteiger partial charge in [-0.05, 0) is 81.5 Å². The molecule has 1 saturated heterocycles. The molecule has 0 aromatic heterocycles. The van der Waals surface area contributed by atoms with E-state index < -0.39 is 9.84 Å². The molecule has 0 spiro atoms. The van der Waals surface area contributed by atoms with Crippen LogP contribution in [0, 0.1) is 23.2 Å². The number of rotatable bonds is 5. The molecule has 4 bridgehead atoms. The molecular weight excluding hydrogens is 334 g/mol. The molecule has 1 atom stereocenters. The molecule has 25 heavy (non-hydrogen) atoms. The molecule has 0 radical (unpaired) electrons. The molecule has 142 valence electrons. The smallest absolute Gasteiger partial charge is 0.191 e. The van der Waals surface area contributed by atoms with E-state index in [1.807, 2.05) is 0 Å². The second kappa shape index (κ2) is 6.75. The second-order valence-electron chi connectivity index (χ2n) is 9.17. The zero-order valence-electron chi connectivity index (χ0n) is 15.5. The average Bonchev–Trinajstić information content (AvgIpc) is 2.84. The molecular formula is C19H33N3O2S. The Labute approximate surface area is 152 Å². The molecule has 5 aliphatic rings. The standard InChI is InChI=1S/C19H33N3O2S/c1-2-20-18(22-17-3-6-25(23,24)13-17)21-5-4-19-10-14-7-15(11-19)9-16(8-14)12-19/h14-17H,2-13H2,1H3,(H2,20,21,22). The van der Waals surface area contributed by atoms with E-state index in [4.69, 9.17) is 4.99 Å². The van der Waals surface area contributed by atoms with Crippen molar-refractivity contribution in [2.75, 3.05) is 24.6 Å². The highest BCUT2D eigenvalue weighted by molar-refractivity contribution is 7.91. The maximum absolute atomic E-state index is 11.7. The topological polar surface area (TPSA) is 70.6 Å². The van der Waals surface area contributed by atoms with Gasteiger partial charge < -0.3 is 10.6 Å². The van der Waals surface area contributed by atoms with Crippen molar-refractivity contribution in [3.63, 3.8) is 0 Å². The molecule has 1 aliphatic heterocycles. The van der Waals surface area contributed by atoms with E-state index in [1.165, 1.54) is 44.9 Å². The van der Waals surface area contributed by atoms with Gasteiger partial charge in [-0.3, -0.25) is 4.99 Å². The van der Waals surface area contributed by atoms with E-state index in [0.29, 0.717) is 17.6 Å². The average molecular weight is 368 g/mol. The van der Waals surface area contributed by atoms with Crippen molar-refractivity contribution in [2.45, 2.75) is 64.3 Å². The first kappa shape index (κ1) is 17.6. The van der Waals surface area contributed by atoms with Crippen molar-refractivity contribution in [1.29, 1.82) is 0 Å². The molecule has 5 nitrogen and oxygen atoms in total. The molecule has 0 amide bonds. The highest BCUT2D eigenvalue weighted by atomic mass is 32.2. The lowest BCUT2D eigenvalue weighted by Crippen LogP contribution is -2.46. The highest BCUT2D eigenvalue weighted by Gasteiger charge is 2.50. The van der Waals surface area contributed by atoms with Crippen LogP contribution in [-0.4, -0.2) is 45.0 Å². The van der Waals surface area contributed by atoms with Crippen LogP contribution >= 0.6 is 0 Å². The minimum absolute atomic E-state index is 0.0161. The molecule has 1 unspecified atom stereocenters. The summed E-state index contributed by atoms with van der Waals surface area (Å²) >= 11 is 0. The summed E-state index contributed by atoms with van der Waals surface area (Å²) in [6.45, 7) is 3.73. The van der Waals surface area contributed by atoms with Crippen molar-refractivity contribution in [3.8, 4) is 0 Å². The van der Waals surface area contributed by atoms with Crippen molar-refractivity contribution in [2.24, 2.45) is 28.2 Å². The van der Waals surface area contributed by atoms with E-state index in [0.717, 1.165) is 36.8 Å². The number of guanidine groups is 1. The highest BCUT2D eigenvalue weighted by Crippen LogP contribution is 2.61. The Morgan fingerprint density at radius 2 is 1.76 bits per heavy atom. The van der Waals surface area contributed by atoms with Gasteiger partial charge in [0.25, 0.3) is 0 Å². The van der Waals surface area contributed by atoms with E-state index in [1.54, 1.807) is 0 Å². The van der Waals surface area contributed by atoms with Gasteiger partial charge in [-0.15, -0.1) is 0 Å². The van der Waals surface area contributed by atoms with Crippen LogP contribution in [-0.2, 0) is 9.84 Å². The molecule has 4 saturated carbocycles. The monoisotopic (exact) mass is 367 g/mol. The third-order valence-corrected chi connectivity index (χ3v) is 8.76. The van der Waals surface area contributed by atoms with Crippen LogP contribution in [0.3, 0.4) is 0 Å². The van der Waals surface area contributed by atoms with Gasteiger partial charge in [0.1, 0.15) is 0 Å². The lowest BCUT2D eigenvalue weighted by molar-refractivity contribution is -0.0556. The third kappa shape index (κ3) is 3.99. The Hall–Kier alpha value is -0.780. The summed E-state index contributed by atoms with van der Waals surface area (Å²) in [6.07, 6.45) is 10.7. The normalized spacial score (nSPS) is 41.9. The maximum Gasteiger partial charge on any atom is 0.191 e. The van der Waals surface area contributed by atoms with Crippen LogP contribution in [0.5, 0.6) is 0 Å². The van der Waals surface area contributed by atoms with E-state index in [9.17, 15) is 8.42 Å². The predicted molar refractivity (Wildman–Crippen MR) is 101 cm³/mol. The SMILES string of the molecule is CCNC(=NCCC12CC3CC(CC(C3)C1)C2)NC1CCS(=O)(=O)C1. The van der Waals surface area contributed by atoms with Gasteiger partial charge in [-0.25, -0.2) is 8.42 Å². The summed E-state index contributed by atoms with van der Waals surface area (Å²) in [4.78, 5) is 4.80. The zero-order valence-corrected chi connectivity index (χ0v) is 16.3. The zero-order chi connectivity index (χ0) is 17.5. The van der Waals surface area contributed by atoms with Crippen LogP contribution in [0.15, 0.2) is 4.99 Å². The van der Waals surface area contributed by atoms with Gasteiger partial charge in [0.15, 0.2) is 15.8 Å². The third-order valence-electron chi connectivity index (χ3n) is 6.99. The molecule has 1 heterocycles. The Bertz CT molecular complexity index is 593. The van der Waals surface area contributed by atoms with Crippen molar-refractivity contribution in [3.05, 3.63) is 0 Å². The number of hydrogen-bond acceptors (Lipinski definition) is 3. The predicted octanol–water partition coefficient (Wildman–Crippen LogP) is 2.34. The Morgan fingerprint density at radius 3 is 2.28 bits per heavy atom. The minimum atomic E-state index is -2.85. The molecule has 4 aliphatic carbocycles. The van der Waals surface area contributed by atoms with Gasteiger partial charge in [0.2, 0.25) is 0 Å². The number of hydrogen-bond donors (Lipinski definition) is 2. The number of sulfone groups is 1. The fourth-order valence-corrected chi connectivity index (χ4v) is 8.10. The molecule has 6 heteroatoms. The fourth-order valence-electron chi connectivity index (χ4n) is 6.42. The van der Waals surface area contributed by atoms with E-state index in [-0.39, 0.29) is 11.8 Å². The maximum atomic E-state index is 11.7. The lowest BCUT2D eigenvalue weighted by atomic mass is 9.49. The molecule has 2 N–H and O–H groups in total. The van der Waals surface area contributed by atoms with E-state index >= 15 is 0 Å². The van der Waals surface area contributed by atoms with Crippen LogP contribution in [0.1, 0.15) is 58.3 Å². The van der Waals surface area contributed by atoms with Crippen LogP contribution in [0.2, 0.25) is 0 Å². The summed E-state index contributed by atoms with van der Waals surface area (Å²) in [5, 5.41) is 6.63. The summed E-state index contributed by atoms with van der Waals surface area (Å²) in [6, 6.07) is 0.0161. The minimum Gasteiger partial charge on any atom is -0.357 e. The van der Waals surface area contributed by atoms with E-state index in [2.05, 4.69) is 17.6 Å². The van der Waals surface area contributed by atoms with Crippen LogP contribution in [0.4, 0.5) is 0 Å². The largest absolute Gasteiger partial charge is 0.357 e. The summed E-state index contributed by atoms with van der Waals surface area (Å²) in [7, 11) is -2.85. The van der Waals surface area contributed by atoms with Crippen LogP contribution in [0.25, 0.3) is 0 Å². The Morgan fingerprint density at radius 1 is 1.12 bits per heavy atom. The Kier molecular flexibility index (Phi) is 4.76. The molecule has 0 aromatic carbocycles. The Balaban J connectivity index is 1.34. The lowest BCUT2D eigenvalue weighted by Gasteiger charge is -2.57. The first-order valence-corrected chi connectivity index (χ1v) is 12.0. The molecule has 5 fully saturated rings. The number of aliphatic imine (C=N–C) groups is 1. The van der Waals surface area contributed by atoms with Crippen molar-refractivity contribution in [1.82, 2.24) is 10.6 Å². The number of nitrogens with one attached hydrogen (secondary N) is 2. The first-order valence-electron chi connectivity index (χ1n) is 10.2. The molecule has 5 rings (SSSR count). The van der Waals surface area contributed by atoms with Gasteiger partial charge >= 0.3 is 0 Å².